The standard InChI is InChI=1S/C50H68F6O8/c1-35(2)21-20-34-46(8,60)42(64-44(58)48(62-10,50(54,55)56)40-28-15-12-16-29-40)33-31-37(4)23-18-17-22-36(3)24-19-25-38(5)30-32-41(45(6,7)59)63-43(57)47(61-9,49(51,52)53)39-26-13-11-14-27-39/h11-16,21-23,25-29,41-42,59-60H,17-20,24,30-34H2,1-10H3/b36-22+,37-23+,38-25+/t41-,42+,46-,47+,48+/m0/s1. The van der Waals surface area contributed by atoms with Crippen LogP contribution >= 0.6 is 0 Å². The summed E-state index contributed by atoms with van der Waals surface area (Å²) in [6, 6.07) is 13.0. The van der Waals surface area contributed by atoms with Gasteiger partial charge < -0.3 is 29.2 Å². The zero-order valence-corrected chi connectivity index (χ0v) is 38.9. The van der Waals surface area contributed by atoms with Crippen LogP contribution in [-0.2, 0) is 39.7 Å². The van der Waals surface area contributed by atoms with Crippen LogP contribution in [-0.4, -0.2) is 72.1 Å². The number of carbonyl (C=O) groups excluding carboxylic acids is 2. The lowest BCUT2D eigenvalue weighted by atomic mass is 9.88. The van der Waals surface area contributed by atoms with E-state index in [2.05, 4.69) is 6.08 Å². The maximum absolute atomic E-state index is 14.7. The molecule has 8 nitrogen and oxygen atoms in total. The molecular weight excluding hydrogens is 843 g/mol. The van der Waals surface area contributed by atoms with Crippen LogP contribution in [0.4, 0.5) is 26.3 Å². The first kappa shape index (κ1) is 55.9. The Labute approximate surface area is 375 Å². The van der Waals surface area contributed by atoms with Crippen LogP contribution < -0.4 is 0 Å². The van der Waals surface area contributed by atoms with Crippen molar-refractivity contribution in [3.63, 3.8) is 0 Å². The highest BCUT2D eigenvalue weighted by Crippen LogP contribution is 2.45. The second-order valence-corrected chi connectivity index (χ2v) is 17.5. The maximum Gasteiger partial charge on any atom is 0.432 e. The second-order valence-electron chi connectivity index (χ2n) is 17.5. The summed E-state index contributed by atoms with van der Waals surface area (Å²) in [6.07, 6.45) is -0.745. The van der Waals surface area contributed by atoms with Crippen molar-refractivity contribution < 1.29 is 65.1 Å². The monoisotopic (exact) mass is 910 g/mol. The number of ether oxygens (including phenoxy) is 4. The molecule has 0 heterocycles. The number of aliphatic hydroxyl groups is 2. The van der Waals surface area contributed by atoms with E-state index in [1.165, 1.54) is 57.2 Å². The maximum atomic E-state index is 14.7. The van der Waals surface area contributed by atoms with Crippen molar-refractivity contribution in [3.05, 3.63) is 118 Å². The first-order valence-corrected chi connectivity index (χ1v) is 21.5. The number of halogens is 6. The van der Waals surface area contributed by atoms with Crippen LogP contribution in [0.5, 0.6) is 0 Å². The number of carbonyl (C=O) groups is 2. The average Bonchev–Trinajstić information content (AvgIpc) is 3.19. The molecule has 358 valence electrons. The smallest absolute Gasteiger partial charge is 0.432 e. The molecule has 0 aliphatic rings. The fourth-order valence-corrected chi connectivity index (χ4v) is 7.30. The number of hydrogen-bond acceptors (Lipinski definition) is 8. The van der Waals surface area contributed by atoms with Crippen molar-refractivity contribution in [1.82, 2.24) is 0 Å². The molecule has 0 radical (unpaired) electrons. The van der Waals surface area contributed by atoms with Crippen LogP contribution in [0.1, 0.15) is 131 Å². The van der Waals surface area contributed by atoms with Gasteiger partial charge in [-0.3, -0.25) is 0 Å². The van der Waals surface area contributed by atoms with E-state index >= 15 is 0 Å². The third-order valence-corrected chi connectivity index (χ3v) is 11.3. The molecule has 0 amide bonds. The molecule has 2 rings (SSSR count). The van der Waals surface area contributed by atoms with Crippen molar-refractivity contribution in [2.24, 2.45) is 0 Å². The van der Waals surface area contributed by atoms with Gasteiger partial charge in [-0.05, 0) is 120 Å². The minimum absolute atomic E-state index is 0.0658. The molecule has 64 heavy (non-hydrogen) atoms. The van der Waals surface area contributed by atoms with Gasteiger partial charge in [0.1, 0.15) is 12.2 Å². The summed E-state index contributed by atoms with van der Waals surface area (Å²) in [4.78, 5) is 26.8. The fraction of sp³-hybridized carbons (Fsp3) is 0.560. The SMILES string of the molecule is CO[C@@](C(=O)O[C@@H](CC/C(C)=C/CC/C(C)=C/CC/C=C(\C)CC[C@@H](OC(=O)[C@](OC)(c1ccccc1)C(F)(F)F)[C@@](C)(O)CCC=C(C)C)C(C)(C)O)(c1ccccc1)C(F)(F)F. The molecule has 0 aliphatic carbocycles. The Hall–Kier alpha value is -4.24. The predicted molar refractivity (Wildman–Crippen MR) is 236 cm³/mol. The molecule has 2 N–H and O–H groups in total. The predicted octanol–water partition coefficient (Wildman–Crippen LogP) is 12.2. The summed E-state index contributed by atoms with van der Waals surface area (Å²) in [7, 11) is 1.59. The summed E-state index contributed by atoms with van der Waals surface area (Å²) in [5, 5.41) is 22.3. The van der Waals surface area contributed by atoms with Crippen molar-refractivity contribution in [1.29, 1.82) is 0 Å². The van der Waals surface area contributed by atoms with Crippen LogP contribution in [0.15, 0.2) is 107 Å². The van der Waals surface area contributed by atoms with Crippen LogP contribution in [0.3, 0.4) is 0 Å². The summed E-state index contributed by atoms with van der Waals surface area (Å²) >= 11 is 0. The van der Waals surface area contributed by atoms with Gasteiger partial charge >= 0.3 is 24.3 Å². The Kier molecular flexibility index (Phi) is 21.2. The normalized spacial score (nSPS) is 17.1. The van der Waals surface area contributed by atoms with Crippen LogP contribution in [0, 0.1) is 0 Å². The Bertz CT molecular complexity index is 1890. The molecule has 0 unspecified atom stereocenters. The van der Waals surface area contributed by atoms with E-state index in [1.54, 1.807) is 0 Å². The van der Waals surface area contributed by atoms with E-state index in [1.807, 2.05) is 52.8 Å². The number of alkyl halides is 6. The first-order valence-electron chi connectivity index (χ1n) is 21.5. The highest BCUT2D eigenvalue weighted by molar-refractivity contribution is 5.83. The lowest BCUT2D eigenvalue weighted by Gasteiger charge is -2.37. The highest BCUT2D eigenvalue weighted by atomic mass is 19.4. The number of benzene rings is 2. The second kappa shape index (κ2) is 24.3. The van der Waals surface area contributed by atoms with E-state index in [9.17, 15) is 46.1 Å². The largest absolute Gasteiger partial charge is 0.457 e. The molecule has 5 atom stereocenters. The molecule has 2 aromatic rings. The molecule has 0 fully saturated rings. The lowest BCUT2D eigenvalue weighted by molar-refractivity contribution is -0.281. The molecular formula is C50H68F6O8. The minimum Gasteiger partial charge on any atom is -0.457 e. The van der Waals surface area contributed by atoms with E-state index in [0.717, 1.165) is 67.2 Å². The van der Waals surface area contributed by atoms with Crippen molar-refractivity contribution in [3.8, 4) is 0 Å². The van der Waals surface area contributed by atoms with Gasteiger partial charge in [-0.1, -0.05) is 107 Å². The summed E-state index contributed by atoms with van der Waals surface area (Å²) < 4.78 is 108. The number of unbranched alkanes of at least 4 members (excludes halogenated alkanes) is 1. The Morgan fingerprint density at radius 3 is 1.31 bits per heavy atom. The zero-order valence-electron chi connectivity index (χ0n) is 38.9. The molecule has 0 bridgehead atoms. The third kappa shape index (κ3) is 15.4. The van der Waals surface area contributed by atoms with E-state index < -0.39 is 70.0 Å². The van der Waals surface area contributed by atoms with Crippen molar-refractivity contribution >= 4 is 11.9 Å². The number of esters is 2. The van der Waals surface area contributed by atoms with Gasteiger partial charge in [0.05, 0.1) is 11.2 Å². The van der Waals surface area contributed by atoms with Gasteiger partial charge in [0, 0.05) is 25.3 Å². The van der Waals surface area contributed by atoms with Gasteiger partial charge in [0.2, 0.25) is 0 Å². The zero-order chi connectivity index (χ0) is 48.6. The van der Waals surface area contributed by atoms with Gasteiger partial charge in [-0.2, -0.15) is 26.3 Å². The molecule has 0 aliphatic heterocycles. The van der Waals surface area contributed by atoms with Gasteiger partial charge in [-0.25, -0.2) is 9.59 Å². The Balaban J connectivity index is 2.07. The summed E-state index contributed by atoms with van der Waals surface area (Å²) in [5.41, 5.74) is -7.03. The van der Waals surface area contributed by atoms with Crippen molar-refractivity contribution in [2.75, 3.05) is 14.2 Å². The number of rotatable bonds is 25. The highest BCUT2D eigenvalue weighted by Gasteiger charge is 2.65. The molecule has 0 spiro atoms. The Morgan fingerprint density at radius 1 is 0.562 bits per heavy atom. The Morgan fingerprint density at radius 2 is 0.938 bits per heavy atom. The third-order valence-electron chi connectivity index (χ3n) is 11.3. The van der Waals surface area contributed by atoms with Gasteiger partial charge in [0.15, 0.2) is 0 Å². The molecule has 14 heteroatoms. The fourth-order valence-electron chi connectivity index (χ4n) is 7.30. The van der Waals surface area contributed by atoms with E-state index in [0.29, 0.717) is 38.5 Å². The number of methoxy groups -OCH3 is 2. The molecule has 0 saturated carbocycles. The van der Waals surface area contributed by atoms with Crippen LogP contribution in [0.2, 0.25) is 0 Å². The van der Waals surface area contributed by atoms with Gasteiger partial charge in [0.25, 0.3) is 11.2 Å². The lowest BCUT2D eigenvalue weighted by Crippen LogP contribution is -2.54. The molecule has 0 aromatic heterocycles. The first-order chi connectivity index (χ1) is 29.7. The summed E-state index contributed by atoms with van der Waals surface area (Å²) in [6.45, 7) is 13.7. The van der Waals surface area contributed by atoms with Crippen LogP contribution in [0.25, 0.3) is 0 Å². The quantitative estimate of drug-likeness (QED) is 0.0438. The number of allylic oxidation sites excluding steroid dienone is 8. The molecule has 0 saturated heterocycles. The minimum atomic E-state index is -5.16. The topological polar surface area (TPSA) is 112 Å². The van der Waals surface area contributed by atoms with E-state index in [-0.39, 0.29) is 19.3 Å². The van der Waals surface area contributed by atoms with Gasteiger partial charge in [-0.15, -0.1) is 0 Å². The number of hydrogen-bond donors (Lipinski definition) is 2. The molecule has 2 aromatic carbocycles. The van der Waals surface area contributed by atoms with Crippen molar-refractivity contribution in [2.45, 2.75) is 167 Å². The average molecular weight is 911 g/mol. The summed E-state index contributed by atoms with van der Waals surface area (Å²) in [5.74, 6) is -3.32. The van der Waals surface area contributed by atoms with E-state index in [4.69, 9.17) is 18.9 Å².